The highest BCUT2D eigenvalue weighted by Gasteiger charge is 2.11. The van der Waals surface area contributed by atoms with Crippen molar-refractivity contribution in [2.75, 3.05) is 17.7 Å². The zero-order chi connectivity index (χ0) is 17.5. The number of urea groups is 1. The molecule has 2 amide bonds. The molecule has 126 valence electrons. The first-order valence-corrected chi connectivity index (χ1v) is 7.96. The van der Waals surface area contributed by atoms with Gasteiger partial charge < -0.3 is 15.4 Å². The summed E-state index contributed by atoms with van der Waals surface area (Å²) in [5.74, 6) is -0.407. The van der Waals surface area contributed by atoms with Gasteiger partial charge in [-0.3, -0.25) is 0 Å². The number of rotatable bonds is 5. The molecule has 2 N–H and O–H groups in total. The number of esters is 1. The largest absolute Gasteiger partial charge is 0.465 e. The summed E-state index contributed by atoms with van der Waals surface area (Å²) in [6.45, 7) is 4.12. The summed E-state index contributed by atoms with van der Waals surface area (Å²) >= 11 is 0. The Kier molecular flexibility index (Phi) is 5.95. The molecule has 2 rings (SSSR count). The molecular weight excluding hydrogens is 304 g/mol. The van der Waals surface area contributed by atoms with Crippen molar-refractivity contribution in [1.29, 1.82) is 0 Å². The van der Waals surface area contributed by atoms with Crippen LogP contribution in [0.4, 0.5) is 16.2 Å². The number of carbonyl (C=O) groups excluding carboxylic acids is 2. The molecular formula is C19H22N2O3. The van der Waals surface area contributed by atoms with E-state index in [9.17, 15) is 9.59 Å². The highest BCUT2D eigenvalue weighted by molar-refractivity contribution is 6.01. The monoisotopic (exact) mass is 326 g/mol. The minimum atomic E-state index is -0.407. The van der Waals surface area contributed by atoms with Crippen LogP contribution in [0, 0.1) is 0 Å². The van der Waals surface area contributed by atoms with E-state index in [0.29, 0.717) is 11.3 Å². The van der Waals surface area contributed by atoms with Crippen LogP contribution in [0.2, 0.25) is 0 Å². The lowest BCUT2D eigenvalue weighted by atomic mass is 10.0. The van der Waals surface area contributed by atoms with Crippen molar-refractivity contribution in [1.82, 2.24) is 0 Å². The third-order valence-electron chi connectivity index (χ3n) is 3.80. The first-order valence-electron chi connectivity index (χ1n) is 7.96. The van der Waals surface area contributed by atoms with Crippen molar-refractivity contribution in [3.63, 3.8) is 0 Å². The Morgan fingerprint density at radius 2 is 1.50 bits per heavy atom. The fraction of sp³-hybridized carbons (Fsp3) is 0.263. The molecule has 24 heavy (non-hydrogen) atoms. The van der Waals surface area contributed by atoms with Gasteiger partial charge in [-0.25, -0.2) is 9.59 Å². The van der Waals surface area contributed by atoms with Crippen molar-refractivity contribution in [2.24, 2.45) is 0 Å². The Hall–Kier alpha value is -2.82. The fourth-order valence-electron chi connectivity index (χ4n) is 2.49. The van der Waals surface area contributed by atoms with Gasteiger partial charge in [0.25, 0.3) is 0 Å². The van der Waals surface area contributed by atoms with E-state index in [4.69, 9.17) is 0 Å². The average Bonchev–Trinajstić information content (AvgIpc) is 2.61. The van der Waals surface area contributed by atoms with Gasteiger partial charge in [0.1, 0.15) is 0 Å². The molecule has 0 radical (unpaired) electrons. The normalized spacial score (nSPS) is 10.1. The topological polar surface area (TPSA) is 67.4 Å². The number of carbonyl (C=O) groups is 2. The predicted octanol–water partition coefficient (Wildman–Crippen LogP) is 4.24. The molecule has 0 spiro atoms. The SMILES string of the molecule is CCc1cccc(CC)c1NC(=O)Nc1ccc(C(=O)OC)cc1. The van der Waals surface area contributed by atoms with Crippen molar-refractivity contribution in [2.45, 2.75) is 26.7 Å². The van der Waals surface area contributed by atoms with Crippen molar-refractivity contribution < 1.29 is 14.3 Å². The highest BCUT2D eigenvalue weighted by Crippen LogP contribution is 2.23. The predicted molar refractivity (Wildman–Crippen MR) is 95.6 cm³/mol. The second-order valence-electron chi connectivity index (χ2n) is 5.31. The van der Waals surface area contributed by atoms with Crippen LogP contribution in [-0.4, -0.2) is 19.1 Å². The van der Waals surface area contributed by atoms with Crippen LogP contribution in [0.15, 0.2) is 42.5 Å². The summed E-state index contributed by atoms with van der Waals surface area (Å²) in [5.41, 5.74) is 4.11. The standard InChI is InChI=1S/C19H22N2O3/c1-4-13-7-6-8-14(5-2)17(13)21-19(23)20-16-11-9-15(10-12-16)18(22)24-3/h6-12H,4-5H2,1-3H3,(H2,20,21,23). The smallest absolute Gasteiger partial charge is 0.337 e. The van der Waals surface area contributed by atoms with E-state index >= 15 is 0 Å². The number of amides is 2. The Morgan fingerprint density at radius 1 is 0.917 bits per heavy atom. The third kappa shape index (κ3) is 4.13. The summed E-state index contributed by atoms with van der Waals surface area (Å²) in [7, 11) is 1.33. The lowest BCUT2D eigenvalue weighted by Crippen LogP contribution is -2.21. The number of aryl methyl sites for hydroxylation is 2. The van der Waals surface area contributed by atoms with E-state index in [0.717, 1.165) is 29.7 Å². The van der Waals surface area contributed by atoms with E-state index in [-0.39, 0.29) is 6.03 Å². The maximum Gasteiger partial charge on any atom is 0.337 e. The molecule has 0 aliphatic carbocycles. The molecule has 0 aromatic heterocycles. The van der Waals surface area contributed by atoms with Gasteiger partial charge >= 0.3 is 12.0 Å². The van der Waals surface area contributed by atoms with Gasteiger partial charge in [0.05, 0.1) is 12.7 Å². The van der Waals surface area contributed by atoms with Gasteiger partial charge in [0.2, 0.25) is 0 Å². The van der Waals surface area contributed by atoms with Gasteiger partial charge in [-0.2, -0.15) is 0 Å². The van der Waals surface area contributed by atoms with Gasteiger partial charge in [-0.05, 0) is 48.2 Å². The van der Waals surface area contributed by atoms with Crippen LogP contribution in [0.3, 0.4) is 0 Å². The molecule has 0 heterocycles. The molecule has 5 heteroatoms. The average molecular weight is 326 g/mol. The molecule has 0 aliphatic heterocycles. The molecule has 2 aromatic carbocycles. The molecule has 0 bridgehead atoms. The van der Waals surface area contributed by atoms with Crippen LogP contribution in [0.1, 0.15) is 35.3 Å². The number of anilines is 2. The molecule has 0 fully saturated rings. The zero-order valence-corrected chi connectivity index (χ0v) is 14.2. The summed E-state index contributed by atoms with van der Waals surface area (Å²) in [5, 5.41) is 5.71. The molecule has 2 aromatic rings. The Balaban J connectivity index is 2.10. The van der Waals surface area contributed by atoms with Crippen molar-refractivity contribution in [3.05, 3.63) is 59.2 Å². The van der Waals surface area contributed by atoms with Crippen molar-refractivity contribution >= 4 is 23.4 Å². The number of para-hydroxylation sites is 1. The van der Waals surface area contributed by atoms with Crippen LogP contribution in [0.5, 0.6) is 0 Å². The number of nitrogens with one attached hydrogen (secondary N) is 2. The van der Waals surface area contributed by atoms with Crippen LogP contribution < -0.4 is 10.6 Å². The van der Waals surface area contributed by atoms with E-state index in [1.807, 2.05) is 18.2 Å². The van der Waals surface area contributed by atoms with Gasteiger partial charge in [-0.1, -0.05) is 32.0 Å². The second-order valence-corrected chi connectivity index (χ2v) is 5.31. The minimum absolute atomic E-state index is 0.309. The van der Waals surface area contributed by atoms with Crippen LogP contribution in [0.25, 0.3) is 0 Å². The lowest BCUT2D eigenvalue weighted by molar-refractivity contribution is 0.0601. The number of hydrogen-bond donors (Lipinski definition) is 2. The summed E-state index contributed by atoms with van der Waals surface area (Å²) in [4.78, 5) is 23.7. The van der Waals surface area contributed by atoms with Gasteiger partial charge in [0.15, 0.2) is 0 Å². The summed E-state index contributed by atoms with van der Waals surface area (Å²) in [6.07, 6.45) is 1.69. The maximum atomic E-state index is 12.3. The van der Waals surface area contributed by atoms with Gasteiger partial charge in [-0.15, -0.1) is 0 Å². The molecule has 5 nitrogen and oxygen atoms in total. The Labute approximate surface area is 142 Å². The molecule has 0 aliphatic rings. The Morgan fingerprint density at radius 3 is 2.00 bits per heavy atom. The molecule has 0 unspecified atom stereocenters. The Bertz CT molecular complexity index is 702. The molecule has 0 saturated carbocycles. The second kappa shape index (κ2) is 8.15. The third-order valence-corrected chi connectivity index (χ3v) is 3.80. The summed E-state index contributed by atoms with van der Waals surface area (Å²) in [6, 6.07) is 12.3. The maximum absolute atomic E-state index is 12.3. The quantitative estimate of drug-likeness (QED) is 0.808. The zero-order valence-electron chi connectivity index (χ0n) is 14.2. The molecule has 0 saturated heterocycles. The van der Waals surface area contributed by atoms with E-state index in [1.165, 1.54) is 7.11 Å². The minimum Gasteiger partial charge on any atom is -0.465 e. The van der Waals surface area contributed by atoms with E-state index in [2.05, 4.69) is 29.2 Å². The van der Waals surface area contributed by atoms with E-state index in [1.54, 1.807) is 24.3 Å². The number of methoxy groups -OCH3 is 1. The van der Waals surface area contributed by atoms with E-state index < -0.39 is 5.97 Å². The fourth-order valence-corrected chi connectivity index (χ4v) is 2.49. The lowest BCUT2D eigenvalue weighted by Gasteiger charge is -2.15. The first-order chi connectivity index (χ1) is 11.6. The summed E-state index contributed by atoms with van der Waals surface area (Å²) < 4.78 is 4.65. The van der Waals surface area contributed by atoms with Crippen LogP contribution >= 0.6 is 0 Å². The first kappa shape index (κ1) is 17.5. The number of benzene rings is 2. The number of ether oxygens (including phenoxy) is 1. The molecule has 0 atom stereocenters. The van der Waals surface area contributed by atoms with Gasteiger partial charge in [0, 0.05) is 11.4 Å². The highest BCUT2D eigenvalue weighted by atomic mass is 16.5. The van der Waals surface area contributed by atoms with Crippen molar-refractivity contribution in [3.8, 4) is 0 Å². The number of hydrogen-bond acceptors (Lipinski definition) is 3. The van der Waals surface area contributed by atoms with Crippen LogP contribution in [-0.2, 0) is 17.6 Å².